The molecule has 0 amide bonds. The lowest BCUT2D eigenvalue weighted by atomic mass is 9.96. The Bertz CT molecular complexity index is 368. The number of rotatable bonds is 5. The molecule has 0 radical (unpaired) electrons. The van der Waals surface area contributed by atoms with Gasteiger partial charge in [-0.1, -0.05) is 44.9 Å². The van der Waals surface area contributed by atoms with Gasteiger partial charge in [0.15, 0.2) is 0 Å². The molecule has 0 aromatic heterocycles. The zero-order valence-corrected chi connectivity index (χ0v) is 11.2. The van der Waals surface area contributed by atoms with Crippen molar-refractivity contribution in [2.24, 2.45) is 11.7 Å². The third-order valence-electron chi connectivity index (χ3n) is 3.85. The minimum atomic E-state index is 0.236. The first-order valence-corrected chi connectivity index (χ1v) is 7.04. The summed E-state index contributed by atoms with van der Waals surface area (Å²) in [6, 6.07) is 7.12. The van der Waals surface area contributed by atoms with E-state index in [9.17, 15) is 0 Å². The van der Waals surface area contributed by atoms with Crippen LogP contribution in [0.25, 0.3) is 0 Å². The molecule has 1 aliphatic rings. The van der Waals surface area contributed by atoms with Crippen LogP contribution in [-0.4, -0.2) is 0 Å². The minimum absolute atomic E-state index is 0.236. The molecule has 1 unspecified atom stereocenters. The Morgan fingerprint density at radius 2 is 1.88 bits per heavy atom. The molecular weight excluding hydrogens is 206 g/mol. The minimum Gasteiger partial charge on any atom is -0.324 e. The summed E-state index contributed by atoms with van der Waals surface area (Å²) < 4.78 is 0. The molecule has 0 saturated heterocycles. The van der Waals surface area contributed by atoms with Crippen molar-refractivity contribution in [3.63, 3.8) is 0 Å². The van der Waals surface area contributed by atoms with Gasteiger partial charge in [0.1, 0.15) is 0 Å². The molecule has 0 saturated carbocycles. The highest BCUT2D eigenvalue weighted by Gasteiger charge is 2.13. The zero-order valence-electron chi connectivity index (χ0n) is 11.2. The van der Waals surface area contributed by atoms with E-state index in [0.29, 0.717) is 0 Å². The monoisotopic (exact) mass is 231 g/mol. The van der Waals surface area contributed by atoms with Crippen LogP contribution in [0, 0.1) is 5.92 Å². The van der Waals surface area contributed by atoms with Crippen LogP contribution in [0.2, 0.25) is 0 Å². The van der Waals surface area contributed by atoms with Crippen molar-refractivity contribution in [1.29, 1.82) is 0 Å². The lowest BCUT2D eigenvalue weighted by Gasteiger charge is -2.14. The Morgan fingerprint density at radius 1 is 1.12 bits per heavy atom. The SMILES string of the molecule is CC(C)CCCC(N)c1ccc2c(c1)CCC2. The highest BCUT2D eigenvalue weighted by Crippen LogP contribution is 2.26. The maximum Gasteiger partial charge on any atom is 0.0294 e. The van der Waals surface area contributed by atoms with Gasteiger partial charge >= 0.3 is 0 Å². The largest absolute Gasteiger partial charge is 0.324 e. The number of hydrogen-bond acceptors (Lipinski definition) is 1. The Hall–Kier alpha value is -0.820. The normalized spacial score (nSPS) is 16.2. The summed E-state index contributed by atoms with van der Waals surface area (Å²) in [5.74, 6) is 0.794. The van der Waals surface area contributed by atoms with Gasteiger partial charge in [-0.05, 0) is 48.3 Å². The molecule has 2 rings (SSSR count). The Kier molecular flexibility index (Phi) is 4.22. The number of aryl methyl sites for hydroxylation is 2. The fourth-order valence-corrected chi connectivity index (χ4v) is 2.74. The van der Waals surface area contributed by atoms with E-state index in [1.807, 2.05) is 0 Å². The van der Waals surface area contributed by atoms with Gasteiger partial charge in [0.25, 0.3) is 0 Å². The van der Waals surface area contributed by atoms with Crippen molar-refractivity contribution in [2.75, 3.05) is 0 Å². The molecular formula is C16H25N. The molecule has 0 aliphatic heterocycles. The second-order valence-corrected chi connectivity index (χ2v) is 5.81. The molecule has 1 aliphatic carbocycles. The molecule has 1 aromatic carbocycles. The molecule has 1 nitrogen and oxygen atoms in total. The summed E-state index contributed by atoms with van der Waals surface area (Å²) in [6.45, 7) is 4.56. The smallest absolute Gasteiger partial charge is 0.0294 e. The standard InChI is InChI=1S/C16H25N/c1-12(2)5-3-8-16(17)15-10-9-13-6-4-7-14(13)11-15/h9-12,16H,3-8,17H2,1-2H3. The number of benzene rings is 1. The topological polar surface area (TPSA) is 26.0 Å². The highest BCUT2D eigenvalue weighted by atomic mass is 14.6. The lowest BCUT2D eigenvalue weighted by Crippen LogP contribution is -2.11. The highest BCUT2D eigenvalue weighted by molar-refractivity contribution is 5.36. The van der Waals surface area contributed by atoms with Gasteiger partial charge in [0, 0.05) is 6.04 Å². The molecule has 0 fully saturated rings. The number of hydrogen-bond donors (Lipinski definition) is 1. The molecule has 2 N–H and O–H groups in total. The van der Waals surface area contributed by atoms with Crippen LogP contribution in [0.3, 0.4) is 0 Å². The first-order valence-electron chi connectivity index (χ1n) is 7.04. The van der Waals surface area contributed by atoms with Gasteiger partial charge in [-0.2, -0.15) is 0 Å². The molecule has 0 spiro atoms. The van der Waals surface area contributed by atoms with Crippen molar-refractivity contribution >= 4 is 0 Å². The van der Waals surface area contributed by atoms with Crippen LogP contribution in [0.1, 0.15) is 62.3 Å². The van der Waals surface area contributed by atoms with Gasteiger partial charge in [-0.25, -0.2) is 0 Å². The van der Waals surface area contributed by atoms with Crippen LogP contribution in [0.5, 0.6) is 0 Å². The van der Waals surface area contributed by atoms with E-state index in [1.54, 1.807) is 11.1 Å². The number of fused-ring (bicyclic) bond motifs is 1. The van der Waals surface area contributed by atoms with E-state index in [2.05, 4.69) is 32.0 Å². The predicted molar refractivity (Wildman–Crippen MR) is 74.1 cm³/mol. The summed E-state index contributed by atoms with van der Waals surface area (Å²) in [5.41, 5.74) is 10.7. The summed E-state index contributed by atoms with van der Waals surface area (Å²) in [7, 11) is 0. The second-order valence-electron chi connectivity index (χ2n) is 5.81. The maximum atomic E-state index is 6.28. The van der Waals surface area contributed by atoms with Crippen LogP contribution in [0.15, 0.2) is 18.2 Å². The molecule has 1 aromatic rings. The third-order valence-corrected chi connectivity index (χ3v) is 3.85. The van der Waals surface area contributed by atoms with Gasteiger partial charge in [-0.3, -0.25) is 0 Å². The van der Waals surface area contributed by atoms with Crippen molar-refractivity contribution in [3.8, 4) is 0 Å². The van der Waals surface area contributed by atoms with E-state index < -0.39 is 0 Å². The Balaban J connectivity index is 1.92. The third kappa shape index (κ3) is 3.32. The average Bonchev–Trinajstić information content (AvgIpc) is 2.75. The van der Waals surface area contributed by atoms with Crippen molar-refractivity contribution in [2.45, 2.75) is 58.4 Å². The first-order chi connectivity index (χ1) is 8.16. The lowest BCUT2D eigenvalue weighted by molar-refractivity contribution is 0.505. The van der Waals surface area contributed by atoms with Crippen LogP contribution >= 0.6 is 0 Å². The quantitative estimate of drug-likeness (QED) is 0.814. The van der Waals surface area contributed by atoms with E-state index in [1.165, 1.54) is 37.7 Å². The molecule has 17 heavy (non-hydrogen) atoms. The van der Waals surface area contributed by atoms with Crippen LogP contribution < -0.4 is 5.73 Å². The molecule has 1 atom stereocenters. The fourth-order valence-electron chi connectivity index (χ4n) is 2.74. The summed E-state index contributed by atoms with van der Waals surface area (Å²) in [6.07, 6.45) is 7.49. The van der Waals surface area contributed by atoms with Gasteiger partial charge < -0.3 is 5.73 Å². The van der Waals surface area contributed by atoms with Crippen molar-refractivity contribution in [3.05, 3.63) is 34.9 Å². The number of nitrogens with two attached hydrogens (primary N) is 1. The zero-order chi connectivity index (χ0) is 12.3. The van der Waals surface area contributed by atoms with Gasteiger partial charge in [0.05, 0.1) is 0 Å². The summed E-state index contributed by atoms with van der Waals surface area (Å²) in [5, 5.41) is 0. The fraction of sp³-hybridized carbons (Fsp3) is 0.625. The Morgan fingerprint density at radius 3 is 2.65 bits per heavy atom. The molecule has 94 valence electrons. The summed E-state index contributed by atoms with van der Waals surface area (Å²) >= 11 is 0. The predicted octanol–water partition coefficient (Wildman–Crippen LogP) is 4.00. The van der Waals surface area contributed by atoms with E-state index in [-0.39, 0.29) is 6.04 Å². The van der Waals surface area contributed by atoms with E-state index in [0.717, 1.165) is 12.3 Å². The van der Waals surface area contributed by atoms with E-state index in [4.69, 9.17) is 5.73 Å². The van der Waals surface area contributed by atoms with Crippen molar-refractivity contribution < 1.29 is 0 Å². The van der Waals surface area contributed by atoms with Crippen LogP contribution in [-0.2, 0) is 12.8 Å². The molecule has 0 heterocycles. The molecule has 0 bridgehead atoms. The summed E-state index contributed by atoms with van der Waals surface area (Å²) in [4.78, 5) is 0. The van der Waals surface area contributed by atoms with Crippen molar-refractivity contribution in [1.82, 2.24) is 0 Å². The first kappa shape index (κ1) is 12.6. The second kappa shape index (κ2) is 5.68. The van der Waals surface area contributed by atoms with Crippen LogP contribution in [0.4, 0.5) is 0 Å². The van der Waals surface area contributed by atoms with E-state index >= 15 is 0 Å². The average molecular weight is 231 g/mol. The van der Waals surface area contributed by atoms with Gasteiger partial charge in [0.2, 0.25) is 0 Å². The van der Waals surface area contributed by atoms with Gasteiger partial charge in [-0.15, -0.1) is 0 Å². The molecule has 1 heteroatoms. The maximum absolute atomic E-state index is 6.28. The Labute approximate surface area is 105 Å².